The van der Waals surface area contributed by atoms with Crippen molar-refractivity contribution in [3.63, 3.8) is 0 Å². The van der Waals surface area contributed by atoms with E-state index in [2.05, 4.69) is 5.32 Å². The van der Waals surface area contributed by atoms with E-state index in [9.17, 15) is 9.35 Å². The quantitative estimate of drug-likeness (QED) is 0.767. The molecule has 1 amide bonds. The van der Waals surface area contributed by atoms with Crippen molar-refractivity contribution in [1.29, 1.82) is 0 Å². The van der Waals surface area contributed by atoms with Gasteiger partial charge in [0, 0.05) is 11.4 Å². The number of carbonyl (C=O) groups excluding carboxylic acids is 1. The van der Waals surface area contributed by atoms with E-state index >= 15 is 0 Å². The highest BCUT2D eigenvalue weighted by atomic mass is 32.2. The van der Waals surface area contributed by atoms with Crippen molar-refractivity contribution in [1.82, 2.24) is 5.32 Å². The highest BCUT2D eigenvalue weighted by Crippen LogP contribution is 2.00. The number of ether oxygens (including phenoxy) is 1. The van der Waals surface area contributed by atoms with E-state index in [-0.39, 0.29) is 18.4 Å². The van der Waals surface area contributed by atoms with Crippen molar-refractivity contribution in [2.75, 3.05) is 5.75 Å². The minimum Gasteiger partial charge on any atom is -0.598 e. The largest absolute Gasteiger partial charge is 0.598 e. The Bertz CT molecular complexity index is 346. The van der Waals surface area contributed by atoms with Crippen LogP contribution in [-0.2, 0) is 22.7 Å². The first-order valence-corrected chi connectivity index (χ1v) is 6.56. The molecule has 0 aliphatic rings. The van der Waals surface area contributed by atoms with E-state index in [0.29, 0.717) is 0 Å². The van der Waals surface area contributed by atoms with Crippen LogP contribution in [0.5, 0.6) is 0 Å². The molecule has 0 saturated carbocycles. The van der Waals surface area contributed by atoms with E-state index < -0.39 is 17.5 Å². The molecule has 5 nitrogen and oxygen atoms in total. The molecule has 17 heavy (non-hydrogen) atoms. The molecule has 94 valence electrons. The van der Waals surface area contributed by atoms with Crippen LogP contribution in [0.4, 0.5) is 4.79 Å². The fourth-order valence-electron chi connectivity index (χ4n) is 1.25. The molecule has 0 bridgehead atoms. The van der Waals surface area contributed by atoms with Gasteiger partial charge in [0.05, 0.1) is 6.04 Å². The second-order valence-electron chi connectivity index (χ2n) is 3.65. The fourth-order valence-corrected chi connectivity index (χ4v) is 1.83. The van der Waals surface area contributed by atoms with E-state index in [1.165, 1.54) is 0 Å². The molecule has 3 N–H and O–H groups in total. The number of benzene rings is 1. The van der Waals surface area contributed by atoms with Gasteiger partial charge in [-0.05, 0) is 12.5 Å². The van der Waals surface area contributed by atoms with Gasteiger partial charge >= 0.3 is 6.09 Å². The average Bonchev–Trinajstić information content (AvgIpc) is 2.26. The summed E-state index contributed by atoms with van der Waals surface area (Å²) in [6.45, 7) is 1.93. The number of nitrogens with two attached hydrogens (primary N) is 1. The van der Waals surface area contributed by atoms with Crippen molar-refractivity contribution < 1.29 is 14.1 Å². The molecule has 1 aromatic rings. The zero-order valence-electron chi connectivity index (χ0n) is 9.59. The zero-order chi connectivity index (χ0) is 12.7. The standard InChI is InChI=1S/C11H16N2O3S/c1-9(8-17(12)15)13-11(14)16-7-10-5-3-2-4-6-10/h2-6,9H,7-8,12H2,1H3,(H,13,14). The highest BCUT2D eigenvalue weighted by Gasteiger charge is 2.13. The Morgan fingerprint density at radius 2 is 2.18 bits per heavy atom. The number of rotatable bonds is 5. The van der Waals surface area contributed by atoms with E-state index in [4.69, 9.17) is 9.88 Å². The van der Waals surface area contributed by atoms with Crippen LogP contribution in [0.2, 0.25) is 0 Å². The van der Waals surface area contributed by atoms with Gasteiger partial charge in [-0.1, -0.05) is 30.3 Å². The lowest BCUT2D eigenvalue weighted by Crippen LogP contribution is -2.39. The number of amides is 1. The summed E-state index contributed by atoms with van der Waals surface area (Å²) in [5, 5.41) is 7.66. The predicted molar refractivity (Wildman–Crippen MR) is 66.4 cm³/mol. The summed E-state index contributed by atoms with van der Waals surface area (Å²) in [6, 6.07) is 9.09. The molecule has 0 spiro atoms. The molecule has 0 aliphatic carbocycles. The third kappa shape index (κ3) is 6.15. The first-order valence-electron chi connectivity index (χ1n) is 5.18. The molecular weight excluding hydrogens is 240 g/mol. The molecule has 2 unspecified atom stereocenters. The van der Waals surface area contributed by atoms with Crippen molar-refractivity contribution in [2.24, 2.45) is 5.14 Å². The Labute approximate surface area is 104 Å². The van der Waals surface area contributed by atoms with Crippen molar-refractivity contribution in [3.05, 3.63) is 35.9 Å². The second-order valence-corrected chi connectivity index (χ2v) is 4.75. The Morgan fingerprint density at radius 1 is 1.53 bits per heavy atom. The number of nitrogens with one attached hydrogen (secondary N) is 1. The number of hydrogen-bond donors (Lipinski definition) is 2. The molecular formula is C11H16N2O3S. The SMILES string of the molecule is CC(C[S+](N)[O-])NC(=O)OCc1ccccc1. The topological polar surface area (TPSA) is 87.4 Å². The van der Waals surface area contributed by atoms with Gasteiger partial charge in [0.15, 0.2) is 0 Å². The van der Waals surface area contributed by atoms with Gasteiger partial charge in [-0.3, -0.25) is 0 Å². The maximum atomic E-state index is 11.3. The molecule has 6 heteroatoms. The van der Waals surface area contributed by atoms with E-state index in [1.807, 2.05) is 30.3 Å². The van der Waals surface area contributed by atoms with Crippen LogP contribution in [0.1, 0.15) is 12.5 Å². The maximum Gasteiger partial charge on any atom is 0.407 e. The van der Waals surface area contributed by atoms with Crippen molar-refractivity contribution >= 4 is 17.5 Å². The third-order valence-electron chi connectivity index (χ3n) is 1.99. The Hall–Kier alpha value is -1.24. The number of hydrogen-bond acceptors (Lipinski definition) is 4. The first-order chi connectivity index (χ1) is 8.08. The predicted octanol–water partition coefficient (Wildman–Crippen LogP) is 0.924. The van der Waals surface area contributed by atoms with Crippen LogP contribution in [0, 0.1) is 0 Å². The van der Waals surface area contributed by atoms with Gasteiger partial charge in [-0.25, -0.2) is 4.79 Å². The molecule has 0 saturated heterocycles. The Morgan fingerprint density at radius 3 is 2.76 bits per heavy atom. The van der Waals surface area contributed by atoms with Gasteiger partial charge in [-0.15, -0.1) is 0 Å². The monoisotopic (exact) mass is 256 g/mol. The number of alkyl carbamates (subject to hydrolysis) is 1. The van der Waals surface area contributed by atoms with Gasteiger partial charge in [0.2, 0.25) is 0 Å². The zero-order valence-corrected chi connectivity index (χ0v) is 10.4. The molecule has 2 atom stereocenters. The second kappa shape index (κ2) is 7.16. The average molecular weight is 256 g/mol. The summed E-state index contributed by atoms with van der Waals surface area (Å²) in [5.74, 6) is 0.209. The third-order valence-corrected chi connectivity index (χ3v) is 2.82. The maximum absolute atomic E-state index is 11.3. The summed E-state index contributed by atoms with van der Waals surface area (Å²) in [4.78, 5) is 11.3. The Kier molecular flexibility index (Phi) is 5.82. The summed E-state index contributed by atoms with van der Waals surface area (Å²) in [5.41, 5.74) is 0.915. The minimum atomic E-state index is -1.42. The molecule has 1 aromatic carbocycles. The lowest BCUT2D eigenvalue weighted by Gasteiger charge is -2.13. The van der Waals surface area contributed by atoms with E-state index in [1.54, 1.807) is 6.92 Å². The smallest absolute Gasteiger partial charge is 0.407 e. The summed E-state index contributed by atoms with van der Waals surface area (Å²) >= 11 is -1.42. The molecule has 0 fully saturated rings. The normalized spacial score (nSPS) is 13.8. The van der Waals surface area contributed by atoms with Gasteiger partial charge < -0.3 is 14.6 Å². The molecule has 0 heterocycles. The van der Waals surface area contributed by atoms with Gasteiger partial charge in [0.25, 0.3) is 0 Å². The van der Waals surface area contributed by atoms with Crippen LogP contribution in [0.15, 0.2) is 30.3 Å². The minimum absolute atomic E-state index is 0.209. The summed E-state index contributed by atoms with van der Waals surface area (Å²) in [7, 11) is 0. The van der Waals surface area contributed by atoms with Crippen LogP contribution in [0.25, 0.3) is 0 Å². The Balaban J connectivity index is 2.26. The fraction of sp³-hybridized carbons (Fsp3) is 0.364. The molecule has 0 aliphatic heterocycles. The molecule has 0 aromatic heterocycles. The van der Waals surface area contributed by atoms with Crippen LogP contribution >= 0.6 is 0 Å². The van der Waals surface area contributed by atoms with Crippen molar-refractivity contribution in [2.45, 2.75) is 19.6 Å². The lowest BCUT2D eigenvalue weighted by atomic mass is 10.2. The number of carbonyl (C=O) groups is 1. The first kappa shape index (κ1) is 13.8. The van der Waals surface area contributed by atoms with Gasteiger partial charge in [-0.2, -0.15) is 5.14 Å². The molecule has 1 rings (SSSR count). The highest BCUT2D eigenvalue weighted by molar-refractivity contribution is 7.89. The lowest BCUT2D eigenvalue weighted by molar-refractivity contribution is 0.137. The van der Waals surface area contributed by atoms with E-state index in [0.717, 1.165) is 5.56 Å². The van der Waals surface area contributed by atoms with Crippen LogP contribution in [-0.4, -0.2) is 22.4 Å². The van der Waals surface area contributed by atoms with Crippen LogP contribution < -0.4 is 10.5 Å². The summed E-state index contributed by atoms with van der Waals surface area (Å²) in [6.07, 6.45) is -0.535. The van der Waals surface area contributed by atoms with Crippen molar-refractivity contribution in [3.8, 4) is 0 Å². The summed E-state index contributed by atoms with van der Waals surface area (Å²) < 4.78 is 15.7. The molecule has 0 radical (unpaired) electrons. The van der Waals surface area contributed by atoms with Crippen LogP contribution in [0.3, 0.4) is 0 Å². The van der Waals surface area contributed by atoms with Gasteiger partial charge in [0.1, 0.15) is 12.4 Å².